The number of fused-ring (bicyclic) bond motifs is 1. The molecule has 0 saturated heterocycles. The summed E-state index contributed by atoms with van der Waals surface area (Å²) in [5.41, 5.74) is -0.578. The Morgan fingerprint density at radius 2 is 1.81 bits per heavy atom. The van der Waals surface area contributed by atoms with E-state index in [9.17, 15) is 35.9 Å². The number of halogens is 4. The van der Waals surface area contributed by atoms with Gasteiger partial charge in [0.15, 0.2) is 28.7 Å². The van der Waals surface area contributed by atoms with Crippen molar-refractivity contribution in [3.8, 4) is 17.1 Å². The van der Waals surface area contributed by atoms with Crippen LogP contribution in [0.25, 0.3) is 22.4 Å². The molecule has 0 amide bonds. The van der Waals surface area contributed by atoms with Crippen molar-refractivity contribution in [2.75, 3.05) is 29.5 Å². The van der Waals surface area contributed by atoms with Crippen molar-refractivity contribution < 1.29 is 45.4 Å². The van der Waals surface area contributed by atoms with Gasteiger partial charge in [-0.15, -0.1) is 0 Å². The topological polar surface area (TPSA) is 158 Å². The van der Waals surface area contributed by atoms with Crippen LogP contribution in [0.4, 0.5) is 29.1 Å². The fourth-order valence-corrected chi connectivity index (χ4v) is 6.04. The van der Waals surface area contributed by atoms with E-state index in [-0.39, 0.29) is 58.5 Å². The maximum absolute atomic E-state index is 15.0. The Kier molecular flexibility index (Phi) is 11.0. The highest BCUT2D eigenvalue weighted by Gasteiger charge is 2.32. The lowest BCUT2D eigenvalue weighted by molar-refractivity contribution is -0.127. The molecule has 0 spiro atoms. The molecule has 2 heterocycles. The van der Waals surface area contributed by atoms with Crippen LogP contribution in [0, 0.1) is 5.82 Å². The van der Waals surface area contributed by atoms with Gasteiger partial charge in [-0.2, -0.15) is 18.3 Å². The number of nitrogens with one attached hydrogen (secondary N) is 2. The fraction of sp³-hybridized carbons (Fsp3) is 0.400. The van der Waals surface area contributed by atoms with Crippen molar-refractivity contribution in [2.45, 2.75) is 58.5 Å². The minimum Gasteiger partial charge on any atom is -0.494 e. The molecule has 0 radical (unpaired) electrons. The van der Waals surface area contributed by atoms with E-state index in [1.807, 2.05) is 0 Å². The molecule has 4 aromatic rings. The van der Waals surface area contributed by atoms with Crippen molar-refractivity contribution in [2.24, 2.45) is 0 Å². The third kappa shape index (κ3) is 9.19. The number of carboxylic acid groups (broad SMARTS) is 1. The van der Waals surface area contributed by atoms with Crippen LogP contribution >= 0.6 is 0 Å². The number of aromatic nitrogens is 4. The highest BCUT2D eigenvalue weighted by molar-refractivity contribution is 7.92. The van der Waals surface area contributed by atoms with E-state index in [1.165, 1.54) is 13.0 Å². The van der Waals surface area contributed by atoms with Crippen molar-refractivity contribution in [1.82, 2.24) is 19.7 Å². The number of methoxy groups -OCH3 is 1. The second-order valence-electron chi connectivity index (χ2n) is 12.0. The molecule has 0 saturated carbocycles. The first-order chi connectivity index (χ1) is 22.4. The van der Waals surface area contributed by atoms with Gasteiger partial charge in [0.2, 0.25) is 10.0 Å². The van der Waals surface area contributed by atoms with Gasteiger partial charge < -0.3 is 19.9 Å². The van der Waals surface area contributed by atoms with Gasteiger partial charge in [0, 0.05) is 26.8 Å². The monoisotopic (exact) mass is 712 g/mol. The molecule has 12 nitrogen and oxygen atoms in total. The number of alkyl halides is 3. The molecule has 0 bridgehead atoms. The largest absolute Gasteiger partial charge is 0.494 e. The summed E-state index contributed by atoms with van der Waals surface area (Å²) in [5.74, 6) is -3.52. The average Bonchev–Trinajstić information content (AvgIpc) is 3.37. The van der Waals surface area contributed by atoms with Crippen LogP contribution in [0.1, 0.15) is 28.5 Å². The van der Waals surface area contributed by atoms with Gasteiger partial charge in [-0.1, -0.05) is 37.8 Å². The SMILES string of the molecule is CCS(=O)(=O)Nc1ccccc1CNc1nc(-c2cc(F)c(OC)cc2CC(F)(F)F)nc2c1c(C(=O)O)nn2COCC[Si](C)(C)C. The van der Waals surface area contributed by atoms with Crippen LogP contribution in [0.5, 0.6) is 5.75 Å². The molecule has 0 aliphatic heterocycles. The van der Waals surface area contributed by atoms with Crippen LogP contribution in [-0.4, -0.2) is 73.0 Å². The molecular formula is C30H36F4N6O6SSi. The molecule has 0 aliphatic rings. The summed E-state index contributed by atoms with van der Waals surface area (Å²) in [5, 5.41) is 17.1. The van der Waals surface area contributed by atoms with Crippen LogP contribution in [0.15, 0.2) is 36.4 Å². The smallest absolute Gasteiger partial charge is 0.393 e. The Bertz CT molecular complexity index is 1910. The summed E-state index contributed by atoms with van der Waals surface area (Å²) < 4.78 is 95.0. The third-order valence-electron chi connectivity index (χ3n) is 7.12. The highest BCUT2D eigenvalue weighted by Crippen LogP contribution is 2.35. The number of para-hydroxylation sites is 1. The number of carbonyl (C=O) groups is 1. The van der Waals surface area contributed by atoms with Crippen molar-refractivity contribution >= 4 is 46.6 Å². The maximum atomic E-state index is 15.0. The molecule has 0 atom stereocenters. The lowest BCUT2D eigenvalue weighted by Gasteiger charge is -2.17. The maximum Gasteiger partial charge on any atom is 0.393 e. The summed E-state index contributed by atoms with van der Waals surface area (Å²) >= 11 is 0. The number of ether oxygens (including phenoxy) is 2. The molecular weight excluding hydrogens is 677 g/mol. The molecule has 18 heteroatoms. The molecule has 0 fully saturated rings. The van der Waals surface area contributed by atoms with Gasteiger partial charge in [-0.3, -0.25) is 4.72 Å². The third-order valence-corrected chi connectivity index (χ3v) is 10.1. The second-order valence-corrected chi connectivity index (χ2v) is 19.7. The van der Waals surface area contributed by atoms with E-state index in [4.69, 9.17) is 9.47 Å². The minimum atomic E-state index is -4.69. The first-order valence-electron chi connectivity index (χ1n) is 14.8. The molecule has 3 N–H and O–H groups in total. The van der Waals surface area contributed by atoms with E-state index in [0.29, 0.717) is 12.2 Å². The number of hydrogen-bond acceptors (Lipinski definition) is 9. The number of rotatable bonds is 15. The molecule has 2 aromatic carbocycles. The first-order valence-corrected chi connectivity index (χ1v) is 20.1. The molecule has 4 rings (SSSR count). The summed E-state index contributed by atoms with van der Waals surface area (Å²) in [7, 11) is -4.04. The molecule has 2 aromatic heterocycles. The number of carboxylic acids is 1. The van der Waals surface area contributed by atoms with Crippen LogP contribution in [0.3, 0.4) is 0 Å². The average molecular weight is 713 g/mol. The summed E-state index contributed by atoms with van der Waals surface area (Å²) in [6, 6.07) is 8.95. The number of nitrogens with zero attached hydrogens (tertiary/aromatic N) is 4. The predicted octanol–water partition coefficient (Wildman–Crippen LogP) is 6.13. The van der Waals surface area contributed by atoms with Crippen molar-refractivity contribution in [3.05, 3.63) is 59.0 Å². The quantitative estimate of drug-likeness (QED) is 0.0744. The zero-order valence-electron chi connectivity index (χ0n) is 26.9. The van der Waals surface area contributed by atoms with Gasteiger partial charge in [0.05, 0.1) is 30.4 Å². The van der Waals surface area contributed by atoms with Gasteiger partial charge in [0.1, 0.15) is 12.5 Å². The minimum absolute atomic E-state index is 0.0852. The van der Waals surface area contributed by atoms with Gasteiger partial charge in [-0.25, -0.2) is 32.3 Å². The lowest BCUT2D eigenvalue weighted by Crippen LogP contribution is -2.22. The first kappa shape index (κ1) is 36.5. The highest BCUT2D eigenvalue weighted by atomic mass is 32.2. The fourth-order valence-electron chi connectivity index (χ4n) is 4.60. The summed E-state index contributed by atoms with van der Waals surface area (Å²) in [6.45, 7) is 7.91. The van der Waals surface area contributed by atoms with E-state index >= 15 is 0 Å². The van der Waals surface area contributed by atoms with E-state index in [1.54, 1.807) is 18.2 Å². The summed E-state index contributed by atoms with van der Waals surface area (Å²) in [6.07, 6.45) is -6.16. The van der Waals surface area contributed by atoms with Crippen LogP contribution in [-0.2, 0) is 34.5 Å². The molecule has 260 valence electrons. The number of sulfonamides is 1. The number of anilines is 2. The van der Waals surface area contributed by atoms with Crippen LogP contribution < -0.4 is 14.8 Å². The Labute approximate surface area is 275 Å². The normalized spacial score (nSPS) is 12.4. The standard InChI is InChI=1S/C30H36F4N6O6SSi/c1-6-47(43,44)39-22-10-8-7-9-18(22)16-35-27-24-25(29(41)42)38-40(17-46-11-12-48(3,4)5)28(24)37-26(36-27)20-14-21(31)23(45-2)13-19(20)15-30(32,33)34/h7-10,13-14,39H,6,11-12,15-17H2,1-5H3,(H,41,42)(H,35,36,37). The Morgan fingerprint density at radius 1 is 1.10 bits per heavy atom. The predicted molar refractivity (Wildman–Crippen MR) is 175 cm³/mol. The van der Waals surface area contributed by atoms with Gasteiger partial charge in [-0.05, 0) is 42.3 Å². The summed E-state index contributed by atoms with van der Waals surface area (Å²) in [4.78, 5) is 21.2. The van der Waals surface area contributed by atoms with Crippen LogP contribution in [0.2, 0.25) is 25.7 Å². The Hall–Kier alpha value is -4.29. The zero-order chi connectivity index (χ0) is 35.4. The molecule has 0 unspecified atom stereocenters. The van der Waals surface area contributed by atoms with Gasteiger partial charge >= 0.3 is 12.1 Å². The van der Waals surface area contributed by atoms with E-state index in [0.717, 1.165) is 30.0 Å². The van der Waals surface area contributed by atoms with Gasteiger partial charge in [0.25, 0.3) is 0 Å². The van der Waals surface area contributed by atoms with Crippen molar-refractivity contribution in [3.63, 3.8) is 0 Å². The zero-order valence-corrected chi connectivity index (χ0v) is 28.7. The number of aromatic carboxylic acids is 1. The number of benzene rings is 2. The molecule has 48 heavy (non-hydrogen) atoms. The Morgan fingerprint density at radius 3 is 2.44 bits per heavy atom. The van der Waals surface area contributed by atoms with Crippen molar-refractivity contribution in [1.29, 1.82) is 0 Å². The Balaban J connectivity index is 1.91. The van der Waals surface area contributed by atoms with E-state index in [2.05, 4.69) is 44.7 Å². The second kappa shape index (κ2) is 14.4. The number of hydrogen-bond donors (Lipinski definition) is 3. The molecule has 0 aliphatic carbocycles. The van der Waals surface area contributed by atoms with E-state index < -0.39 is 53.9 Å². The lowest BCUT2D eigenvalue weighted by atomic mass is 10.0.